The zero-order valence-corrected chi connectivity index (χ0v) is 10.7. The molecule has 0 spiro atoms. The molecule has 0 amide bonds. The standard InChI is InChI=1S/C10H8ClF2N5O/c1-5-6(3-14)4-15-18(5)8-7(11)9(17(2)16-8)19-10(12)13/h4,10H,1-2H3. The fourth-order valence-corrected chi connectivity index (χ4v) is 1.83. The minimum absolute atomic E-state index is 0.0986. The quantitative estimate of drug-likeness (QED) is 0.866. The second kappa shape index (κ2) is 4.85. The van der Waals surface area contributed by atoms with Crippen molar-refractivity contribution >= 4 is 11.6 Å². The number of nitriles is 1. The van der Waals surface area contributed by atoms with Crippen LogP contribution in [0, 0.1) is 18.3 Å². The van der Waals surface area contributed by atoms with Crippen LogP contribution < -0.4 is 4.74 Å². The smallest absolute Gasteiger partial charge is 0.388 e. The summed E-state index contributed by atoms with van der Waals surface area (Å²) in [5, 5.41) is 16.6. The number of aromatic nitrogens is 4. The highest BCUT2D eigenvalue weighted by atomic mass is 35.5. The second-order valence-electron chi connectivity index (χ2n) is 3.61. The van der Waals surface area contributed by atoms with E-state index >= 15 is 0 Å². The number of alkyl halides is 2. The third-order valence-corrected chi connectivity index (χ3v) is 2.79. The van der Waals surface area contributed by atoms with Crippen molar-refractivity contribution in [1.29, 1.82) is 5.26 Å². The van der Waals surface area contributed by atoms with Crippen molar-refractivity contribution in [2.45, 2.75) is 13.5 Å². The van der Waals surface area contributed by atoms with Gasteiger partial charge in [0, 0.05) is 7.05 Å². The average Bonchev–Trinajstić information content (AvgIpc) is 2.83. The Morgan fingerprint density at radius 3 is 2.74 bits per heavy atom. The lowest BCUT2D eigenvalue weighted by Gasteiger charge is -2.03. The van der Waals surface area contributed by atoms with E-state index in [1.54, 1.807) is 6.92 Å². The van der Waals surface area contributed by atoms with E-state index in [0.717, 1.165) is 4.68 Å². The summed E-state index contributed by atoms with van der Waals surface area (Å²) in [5.74, 6) is -0.140. The van der Waals surface area contributed by atoms with Gasteiger partial charge < -0.3 is 4.74 Å². The maximum Gasteiger partial charge on any atom is 0.388 e. The van der Waals surface area contributed by atoms with E-state index in [2.05, 4.69) is 14.9 Å². The van der Waals surface area contributed by atoms with E-state index in [1.165, 1.54) is 17.9 Å². The number of halogens is 3. The van der Waals surface area contributed by atoms with Gasteiger partial charge in [0.25, 0.3) is 0 Å². The van der Waals surface area contributed by atoms with Gasteiger partial charge in [-0.2, -0.15) is 19.1 Å². The number of rotatable bonds is 3. The van der Waals surface area contributed by atoms with Crippen molar-refractivity contribution in [3.63, 3.8) is 0 Å². The van der Waals surface area contributed by atoms with Crippen molar-refractivity contribution in [2.24, 2.45) is 7.05 Å². The van der Waals surface area contributed by atoms with Gasteiger partial charge in [-0.25, -0.2) is 9.36 Å². The molecule has 0 aliphatic carbocycles. The molecule has 2 aromatic heterocycles. The summed E-state index contributed by atoms with van der Waals surface area (Å²) in [4.78, 5) is 0. The van der Waals surface area contributed by atoms with Gasteiger partial charge in [-0.05, 0) is 6.92 Å². The summed E-state index contributed by atoms with van der Waals surface area (Å²) in [6, 6.07) is 1.95. The van der Waals surface area contributed by atoms with Crippen LogP contribution in [-0.4, -0.2) is 26.2 Å². The molecule has 0 saturated heterocycles. The molecule has 0 radical (unpaired) electrons. The third-order valence-electron chi connectivity index (χ3n) is 2.45. The number of aryl methyl sites for hydroxylation is 1. The lowest BCUT2D eigenvalue weighted by molar-refractivity contribution is -0.0552. The molecular weight excluding hydrogens is 280 g/mol. The first-order chi connectivity index (χ1) is 8.95. The number of hydrogen-bond donors (Lipinski definition) is 0. The lowest BCUT2D eigenvalue weighted by atomic mass is 10.3. The average molecular weight is 288 g/mol. The Labute approximate surface area is 111 Å². The van der Waals surface area contributed by atoms with Crippen LogP contribution in [0.2, 0.25) is 5.02 Å². The monoisotopic (exact) mass is 287 g/mol. The molecular formula is C10H8ClF2N5O. The van der Waals surface area contributed by atoms with Crippen molar-refractivity contribution in [3.8, 4) is 17.8 Å². The van der Waals surface area contributed by atoms with Crippen LogP contribution in [0.5, 0.6) is 5.88 Å². The molecule has 9 heteroatoms. The highest BCUT2D eigenvalue weighted by Gasteiger charge is 2.22. The molecule has 0 bridgehead atoms. The maximum absolute atomic E-state index is 12.2. The van der Waals surface area contributed by atoms with Crippen molar-refractivity contribution in [1.82, 2.24) is 19.6 Å². The van der Waals surface area contributed by atoms with E-state index in [0.29, 0.717) is 11.3 Å². The van der Waals surface area contributed by atoms with Crippen LogP contribution in [0.25, 0.3) is 5.82 Å². The Kier molecular flexibility index (Phi) is 3.40. The fraction of sp³-hybridized carbons (Fsp3) is 0.300. The Hall–Kier alpha value is -2.14. The van der Waals surface area contributed by atoms with E-state index in [1.807, 2.05) is 6.07 Å². The zero-order chi connectivity index (χ0) is 14.2. The predicted molar refractivity (Wildman–Crippen MR) is 61.4 cm³/mol. The van der Waals surface area contributed by atoms with E-state index in [9.17, 15) is 8.78 Å². The van der Waals surface area contributed by atoms with Gasteiger partial charge in [-0.15, -0.1) is 5.10 Å². The summed E-state index contributed by atoms with van der Waals surface area (Å²) < 4.78 is 31.1. The van der Waals surface area contributed by atoms with Crippen LogP contribution >= 0.6 is 11.6 Å². The van der Waals surface area contributed by atoms with Crippen molar-refractivity contribution in [2.75, 3.05) is 0 Å². The van der Waals surface area contributed by atoms with Crippen LogP contribution in [0.1, 0.15) is 11.3 Å². The van der Waals surface area contributed by atoms with E-state index in [4.69, 9.17) is 16.9 Å². The van der Waals surface area contributed by atoms with Gasteiger partial charge in [-0.1, -0.05) is 11.6 Å². The molecule has 0 fully saturated rings. The van der Waals surface area contributed by atoms with Gasteiger partial charge in [-0.3, -0.25) is 0 Å². The molecule has 2 heterocycles. The van der Waals surface area contributed by atoms with Crippen LogP contribution in [-0.2, 0) is 7.05 Å². The maximum atomic E-state index is 12.2. The summed E-state index contributed by atoms with van der Waals surface area (Å²) >= 11 is 5.95. The highest BCUT2D eigenvalue weighted by molar-refractivity contribution is 6.33. The molecule has 0 aliphatic heterocycles. The Morgan fingerprint density at radius 1 is 1.53 bits per heavy atom. The second-order valence-corrected chi connectivity index (χ2v) is 3.99. The van der Waals surface area contributed by atoms with Gasteiger partial charge in [0.15, 0.2) is 5.82 Å². The third kappa shape index (κ3) is 2.24. The molecule has 0 aliphatic rings. The molecule has 2 rings (SSSR count). The molecule has 100 valence electrons. The van der Waals surface area contributed by atoms with E-state index in [-0.39, 0.29) is 16.7 Å². The number of hydrogen-bond acceptors (Lipinski definition) is 4. The molecule has 0 unspecified atom stereocenters. The SMILES string of the molecule is Cc1c(C#N)cnn1-c1nn(C)c(OC(F)F)c1Cl. The molecule has 2 aromatic rings. The Balaban J connectivity index is 2.52. The zero-order valence-electron chi connectivity index (χ0n) is 9.93. The summed E-state index contributed by atoms with van der Waals surface area (Å²) in [6.45, 7) is -1.36. The van der Waals surface area contributed by atoms with Crippen molar-refractivity contribution in [3.05, 3.63) is 22.5 Å². The first-order valence-corrected chi connectivity index (χ1v) is 5.46. The van der Waals surface area contributed by atoms with Crippen LogP contribution in [0.3, 0.4) is 0 Å². The van der Waals surface area contributed by atoms with E-state index < -0.39 is 6.61 Å². The summed E-state index contributed by atoms with van der Waals surface area (Å²) in [7, 11) is 1.41. The predicted octanol–water partition coefficient (Wildman–Crippen LogP) is 2.04. The molecule has 6 nitrogen and oxygen atoms in total. The summed E-state index contributed by atoms with van der Waals surface area (Å²) in [6.07, 6.45) is 1.34. The first-order valence-electron chi connectivity index (χ1n) is 5.08. The molecule has 0 atom stereocenters. The largest absolute Gasteiger partial charge is 0.415 e. The summed E-state index contributed by atoms with van der Waals surface area (Å²) in [5.41, 5.74) is 0.851. The van der Waals surface area contributed by atoms with Crippen LogP contribution in [0.15, 0.2) is 6.20 Å². The highest BCUT2D eigenvalue weighted by Crippen LogP contribution is 2.31. The number of ether oxygens (including phenoxy) is 1. The minimum atomic E-state index is -3.01. The Morgan fingerprint density at radius 2 is 2.21 bits per heavy atom. The normalized spacial score (nSPS) is 10.8. The molecule has 0 aromatic carbocycles. The molecule has 0 N–H and O–H groups in total. The topological polar surface area (TPSA) is 68.7 Å². The molecule has 0 saturated carbocycles. The lowest BCUT2D eigenvalue weighted by Crippen LogP contribution is -2.06. The van der Waals surface area contributed by atoms with Gasteiger partial charge in [0.2, 0.25) is 5.88 Å². The Bertz CT molecular complexity index is 658. The first kappa shape index (κ1) is 13.3. The van der Waals surface area contributed by atoms with Gasteiger partial charge >= 0.3 is 6.61 Å². The number of nitrogens with zero attached hydrogens (tertiary/aromatic N) is 5. The van der Waals surface area contributed by atoms with Gasteiger partial charge in [0.1, 0.15) is 11.1 Å². The van der Waals surface area contributed by atoms with Crippen LogP contribution in [0.4, 0.5) is 8.78 Å². The minimum Gasteiger partial charge on any atom is -0.415 e. The van der Waals surface area contributed by atoms with Gasteiger partial charge in [0.05, 0.1) is 17.5 Å². The fourth-order valence-electron chi connectivity index (χ4n) is 1.55. The molecule has 19 heavy (non-hydrogen) atoms. The van der Waals surface area contributed by atoms with Crippen molar-refractivity contribution < 1.29 is 13.5 Å².